The average molecular weight is 402 g/mol. The van der Waals surface area contributed by atoms with E-state index in [4.69, 9.17) is 9.11 Å². The van der Waals surface area contributed by atoms with Gasteiger partial charge in [0.05, 0.1) is 0 Å². The molecule has 0 spiro atoms. The maximum Gasteiger partial charge on any atom is 0.295 e. The predicted octanol–water partition coefficient (Wildman–Crippen LogP) is 1.24. The van der Waals surface area contributed by atoms with E-state index in [2.05, 4.69) is 24.2 Å². The molecule has 0 aliphatic carbocycles. The Bertz CT molecular complexity index is 908. The highest BCUT2D eigenvalue weighted by Gasteiger charge is 2.19. The lowest BCUT2D eigenvalue weighted by Gasteiger charge is -2.29. The summed E-state index contributed by atoms with van der Waals surface area (Å²) in [6.45, 7) is 5.74. The maximum absolute atomic E-state index is 11.2. The van der Waals surface area contributed by atoms with Gasteiger partial charge in [0, 0.05) is 36.4 Å². The van der Waals surface area contributed by atoms with E-state index < -0.39 is 30.0 Å². The lowest BCUT2D eigenvalue weighted by atomic mass is 10.1. The first kappa shape index (κ1) is 20.7. The molecule has 0 radical (unpaired) electrons. The third-order valence-electron chi connectivity index (χ3n) is 4.23. The molecule has 1 aliphatic heterocycles. The molecule has 0 bridgehead atoms. The van der Waals surface area contributed by atoms with Crippen LogP contribution in [0.3, 0.4) is 0 Å². The fourth-order valence-corrected chi connectivity index (χ4v) is 4.06. The van der Waals surface area contributed by atoms with Crippen LogP contribution in [0.25, 0.3) is 10.8 Å². The van der Waals surface area contributed by atoms with Gasteiger partial charge >= 0.3 is 0 Å². The standard InChI is InChI=1S/C10H8O6S2.C6H14N2/c11-17(12,13)9-5-1-3-7-8(9)4-2-6-10(7)18(14,15)16;1-6-5-7-3-4-8(6)2/h1-6H,(H,11,12,13)(H,14,15,16);6-7H,3-5H2,1-2H3. The molecule has 3 N–H and O–H groups in total. The molecule has 1 atom stereocenters. The van der Waals surface area contributed by atoms with E-state index in [9.17, 15) is 16.8 Å². The normalized spacial score (nSPS) is 19.0. The zero-order chi connectivity index (χ0) is 19.5. The number of nitrogens with one attached hydrogen (secondary N) is 1. The van der Waals surface area contributed by atoms with Crippen LogP contribution in [0.1, 0.15) is 6.92 Å². The number of hydrogen-bond donors (Lipinski definition) is 3. The van der Waals surface area contributed by atoms with E-state index in [1.54, 1.807) is 0 Å². The van der Waals surface area contributed by atoms with Crippen molar-refractivity contribution >= 4 is 31.0 Å². The van der Waals surface area contributed by atoms with Gasteiger partial charge in [0.1, 0.15) is 9.79 Å². The Morgan fingerprint density at radius 3 is 1.73 bits per heavy atom. The van der Waals surface area contributed by atoms with Crippen molar-refractivity contribution in [3.8, 4) is 0 Å². The predicted molar refractivity (Wildman–Crippen MR) is 98.5 cm³/mol. The fraction of sp³-hybridized carbons (Fsp3) is 0.375. The van der Waals surface area contributed by atoms with E-state index in [0.29, 0.717) is 0 Å². The van der Waals surface area contributed by atoms with Crippen molar-refractivity contribution in [3.05, 3.63) is 36.4 Å². The number of benzene rings is 2. The van der Waals surface area contributed by atoms with Crippen molar-refractivity contribution in [3.63, 3.8) is 0 Å². The van der Waals surface area contributed by atoms with Crippen molar-refractivity contribution in [1.82, 2.24) is 10.2 Å². The van der Waals surface area contributed by atoms with Gasteiger partial charge in [-0.1, -0.05) is 24.3 Å². The van der Waals surface area contributed by atoms with Gasteiger partial charge in [0.15, 0.2) is 0 Å². The molecule has 2 aromatic rings. The number of piperazine rings is 1. The third-order valence-corrected chi connectivity index (χ3v) is 6.05. The van der Waals surface area contributed by atoms with Gasteiger partial charge in [-0.3, -0.25) is 9.11 Å². The van der Waals surface area contributed by atoms with Gasteiger partial charge in [-0.15, -0.1) is 0 Å². The highest BCUT2D eigenvalue weighted by molar-refractivity contribution is 7.86. The SMILES string of the molecule is CC1CNCCN1C.O=S(=O)(O)c1cccc2c(S(=O)(=O)O)cccc12. The second-order valence-electron chi connectivity index (χ2n) is 6.09. The summed E-state index contributed by atoms with van der Waals surface area (Å²) in [5, 5.41) is 3.37. The Kier molecular flexibility index (Phi) is 6.37. The number of nitrogens with zero attached hydrogens (tertiary/aromatic N) is 1. The van der Waals surface area contributed by atoms with Gasteiger partial charge in [-0.05, 0) is 26.1 Å². The zero-order valence-corrected chi connectivity index (χ0v) is 16.1. The monoisotopic (exact) mass is 402 g/mol. The van der Waals surface area contributed by atoms with Crippen molar-refractivity contribution in [2.75, 3.05) is 26.7 Å². The lowest BCUT2D eigenvalue weighted by Crippen LogP contribution is -2.47. The van der Waals surface area contributed by atoms with Crippen molar-refractivity contribution in [2.45, 2.75) is 22.8 Å². The fourth-order valence-electron chi connectivity index (χ4n) is 2.64. The van der Waals surface area contributed by atoms with Gasteiger partial charge in [-0.25, -0.2) is 0 Å². The number of likely N-dealkylation sites (N-methyl/N-ethyl adjacent to an activating group) is 1. The Hall–Kier alpha value is -1.56. The molecule has 144 valence electrons. The molecule has 1 heterocycles. The van der Waals surface area contributed by atoms with Crippen LogP contribution in [-0.2, 0) is 20.2 Å². The topological polar surface area (TPSA) is 124 Å². The van der Waals surface area contributed by atoms with E-state index in [-0.39, 0.29) is 10.8 Å². The lowest BCUT2D eigenvalue weighted by molar-refractivity contribution is 0.215. The summed E-state index contributed by atoms with van der Waals surface area (Å²) < 4.78 is 62.7. The van der Waals surface area contributed by atoms with Gasteiger partial charge in [0.25, 0.3) is 20.2 Å². The summed E-state index contributed by atoms with van der Waals surface area (Å²) in [5.41, 5.74) is 0. The van der Waals surface area contributed by atoms with Gasteiger partial charge < -0.3 is 10.2 Å². The van der Waals surface area contributed by atoms with Crippen LogP contribution in [0.4, 0.5) is 0 Å². The van der Waals surface area contributed by atoms with Gasteiger partial charge in [0.2, 0.25) is 0 Å². The van der Waals surface area contributed by atoms with Crippen molar-refractivity contribution in [1.29, 1.82) is 0 Å². The van der Waals surface area contributed by atoms with Gasteiger partial charge in [-0.2, -0.15) is 16.8 Å². The van der Waals surface area contributed by atoms with Crippen LogP contribution in [0.15, 0.2) is 46.2 Å². The quantitative estimate of drug-likeness (QED) is 0.641. The van der Waals surface area contributed by atoms with Crippen molar-refractivity contribution in [2.24, 2.45) is 0 Å². The zero-order valence-electron chi connectivity index (χ0n) is 14.5. The maximum atomic E-state index is 11.2. The first-order chi connectivity index (χ1) is 12.0. The summed E-state index contributed by atoms with van der Waals surface area (Å²) in [6.07, 6.45) is 0. The molecule has 0 amide bonds. The van der Waals surface area contributed by atoms with Crippen LogP contribution in [0.2, 0.25) is 0 Å². The van der Waals surface area contributed by atoms with E-state index >= 15 is 0 Å². The minimum atomic E-state index is -4.47. The third kappa shape index (κ3) is 5.00. The molecule has 2 aromatic carbocycles. The Labute approximate surface area is 153 Å². The van der Waals surface area contributed by atoms with Crippen LogP contribution < -0.4 is 5.32 Å². The minimum absolute atomic E-state index is 0.0233. The summed E-state index contributed by atoms with van der Waals surface area (Å²) in [5.74, 6) is 0. The minimum Gasteiger partial charge on any atom is -0.314 e. The van der Waals surface area contributed by atoms with Crippen LogP contribution in [0.5, 0.6) is 0 Å². The molecule has 26 heavy (non-hydrogen) atoms. The second kappa shape index (κ2) is 7.99. The molecule has 3 rings (SSSR count). The summed E-state index contributed by atoms with van der Waals surface area (Å²) in [6, 6.07) is 8.25. The molecule has 8 nitrogen and oxygen atoms in total. The average Bonchev–Trinajstić information content (AvgIpc) is 2.55. The van der Waals surface area contributed by atoms with Crippen LogP contribution in [-0.4, -0.2) is 63.6 Å². The number of rotatable bonds is 2. The smallest absolute Gasteiger partial charge is 0.295 e. The molecule has 0 saturated carbocycles. The molecule has 0 aromatic heterocycles. The van der Waals surface area contributed by atoms with E-state index in [1.165, 1.54) is 30.8 Å². The molecule has 1 aliphatic rings. The van der Waals surface area contributed by atoms with Crippen molar-refractivity contribution < 1.29 is 25.9 Å². The number of fused-ring (bicyclic) bond motifs is 1. The molecule has 10 heteroatoms. The molecule has 1 saturated heterocycles. The highest BCUT2D eigenvalue weighted by Crippen LogP contribution is 2.27. The number of hydrogen-bond acceptors (Lipinski definition) is 6. The Balaban J connectivity index is 0.000000254. The van der Waals surface area contributed by atoms with Crippen LogP contribution in [0, 0.1) is 0 Å². The summed E-state index contributed by atoms with van der Waals surface area (Å²) in [7, 11) is -6.76. The molecular formula is C16H22N2O6S2. The Morgan fingerprint density at radius 1 is 0.962 bits per heavy atom. The van der Waals surface area contributed by atoms with E-state index in [0.717, 1.165) is 31.3 Å². The second-order valence-corrected chi connectivity index (χ2v) is 8.87. The largest absolute Gasteiger partial charge is 0.314 e. The molecule has 1 fully saturated rings. The van der Waals surface area contributed by atoms with Crippen LogP contribution >= 0.6 is 0 Å². The highest BCUT2D eigenvalue weighted by atomic mass is 32.2. The Morgan fingerprint density at radius 2 is 1.42 bits per heavy atom. The first-order valence-electron chi connectivity index (χ1n) is 7.89. The summed E-state index contributed by atoms with van der Waals surface area (Å²) >= 11 is 0. The molecule has 1 unspecified atom stereocenters. The molecular weight excluding hydrogens is 380 g/mol. The summed E-state index contributed by atoms with van der Waals surface area (Å²) in [4.78, 5) is 1.55. The van der Waals surface area contributed by atoms with E-state index in [1.807, 2.05) is 0 Å². The first-order valence-corrected chi connectivity index (χ1v) is 10.8.